The number of aromatic nitrogens is 1. The molecule has 0 aliphatic carbocycles. The highest BCUT2D eigenvalue weighted by molar-refractivity contribution is 6.35. The number of hydrogen-bond donors (Lipinski definition) is 1. The summed E-state index contributed by atoms with van der Waals surface area (Å²) in [6, 6.07) is 14.4. The van der Waals surface area contributed by atoms with Crippen molar-refractivity contribution >= 4 is 28.2 Å². The van der Waals surface area contributed by atoms with Crippen LogP contribution < -0.4 is 5.32 Å². The molecule has 0 atom stereocenters. The highest BCUT2D eigenvalue weighted by Gasteiger charge is 2.05. The monoisotopic (exact) mass is 296 g/mol. The Balaban J connectivity index is 1.90. The van der Waals surface area contributed by atoms with E-state index in [1.807, 2.05) is 24.3 Å². The Labute approximate surface area is 129 Å². The van der Waals surface area contributed by atoms with Gasteiger partial charge in [-0.2, -0.15) is 0 Å². The van der Waals surface area contributed by atoms with Gasteiger partial charge in [0.2, 0.25) is 0 Å². The number of nitrogens with one attached hydrogen (secondary N) is 1. The van der Waals surface area contributed by atoms with Gasteiger partial charge in [-0.1, -0.05) is 40.9 Å². The van der Waals surface area contributed by atoms with Crippen LogP contribution in [0.1, 0.15) is 16.7 Å². The van der Waals surface area contributed by atoms with Crippen molar-refractivity contribution < 1.29 is 0 Å². The van der Waals surface area contributed by atoms with Crippen LogP contribution in [0.5, 0.6) is 0 Å². The lowest BCUT2D eigenvalue weighted by Gasteiger charge is -2.11. The lowest BCUT2D eigenvalue weighted by molar-refractivity contribution is 1.13. The van der Waals surface area contributed by atoms with Crippen LogP contribution in [0.25, 0.3) is 10.9 Å². The van der Waals surface area contributed by atoms with Crippen LogP contribution in [0.4, 0.5) is 5.69 Å². The third-order valence-electron chi connectivity index (χ3n) is 3.48. The molecule has 0 fully saturated rings. The molecule has 0 saturated heterocycles. The highest BCUT2D eigenvalue weighted by Crippen LogP contribution is 2.28. The number of benzene rings is 2. The van der Waals surface area contributed by atoms with Crippen molar-refractivity contribution in [2.75, 3.05) is 5.32 Å². The first-order valence-electron chi connectivity index (χ1n) is 6.98. The number of halogens is 1. The molecule has 21 heavy (non-hydrogen) atoms. The minimum Gasteiger partial charge on any atom is -0.379 e. The van der Waals surface area contributed by atoms with Crippen molar-refractivity contribution in [1.82, 2.24) is 4.98 Å². The molecular weight excluding hydrogens is 280 g/mol. The van der Waals surface area contributed by atoms with Crippen LogP contribution in [0.3, 0.4) is 0 Å². The summed E-state index contributed by atoms with van der Waals surface area (Å²) in [7, 11) is 0. The summed E-state index contributed by atoms with van der Waals surface area (Å²) < 4.78 is 0. The van der Waals surface area contributed by atoms with Crippen molar-refractivity contribution in [3.63, 3.8) is 0 Å². The van der Waals surface area contributed by atoms with Gasteiger partial charge in [0.15, 0.2) is 0 Å². The number of nitrogens with zero attached hydrogens (tertiary/aromatic N) is 1. The van der Waals surface area contributed by atoms with Gasteiger partial charge in [0, 0.05) is 18.1 Å². The Morgan fingerprint density at radius 3 is 2.57 bits per heavy atom. The smallest absolute Gasteiger partial charge is 0.0948 e. The summed E-state index contributed by atoms with van der Waals surface area (Å²) in [5.41, 5.74) is 5.76. The molecule has 0 saturated carbocycles. The van der Waals surface area contributed by atoms with E-state index in [0.29, 0.717) is 0 Å². The molecule has 0 amide bonds. The van der Waals surface area contributed by atoms with Gasteiger partial charge >= 0.3 is 0 Å². The van der Waals surface area contributed by atoms with E-state index in [2.05, 4.69) is 42.3 Å². The molecule has 1 aromatic heterocycles. The number of aryl methyl sites for hydroxylation is 2. The molecule has 0 aliphatic rings. The second-order valence-electron chi connectivity index (χ2n) is 5.34. The maximum absolute atomic E-state index is 6.22. The van der Waals surface area contributed by atoms with Gasteiger partial charge in [-0.05, 0) is 43.7 Å². The summed E-state index contributed by atoms with van der Waals surface area (Å²) in [4.78, 5) is 4.44. The van der Waals surface area contributed by atoms with Crippen LogP contribution in [-0.2, 0) is 6.54 Å². The zero-order chi connectivity index (χ0) is 14.8. The van der Waals surface area contributed by atoms with Gasteiger partial charge in [-0.15, -0.1) is 0 Å². The molecule has 0 radical (unpaired) electrons. The fourth-order valence-electron chi connectivity index (χ4n) is 2.65. The Morgan fingerprint density at radius 1 is 1.05 bits per heavy atom. The predicted octanol–water partition coefficient (Wildman–Crippen LogP) is 5.12. The molecule has 3 aromatic rings. The van der Waals surface area contributed by atoms with Crippen molar-refractivity contribution in [1.29, 1.82) is 0 Å². The van der Waals surface area contributed by atoms with Gasteiger partial charge in [0.25, 0.3) is 0 Å². The maximum Gasteiger partial charge on any atom is 0.0948 e. The predicted molar refractivity (Wildman–Crippen MR) is 90.0 cm³/mol. The third kappa shape index (κ3) is 3.01. The molecule has 3 rings (SSSR count). The van der Waals surface area contributed by atoms with Crippen molar-refractivity contribution in [3.05, 3.63) is 70.4 Å². The van der Waals surface area contributed by atoms with Crippen LogP contribution in [0.15, 0.2) is 48.7 Å². The standard InChI is InChI=1S/C18H17ClN2/c1-12-8-13(2)10-14(9-12)11-21-17-6-5-16(19)15-4-3-7-20-18(15)17/h3-10,21H,11H2,1-2H3. The van der Waals surface area contributed by atoms with Crippen molar-refractivity contribution in [2.45, 2.75) is 20.4 Å². The lowest BCUT2D eigenvalue weighted by Crippen LogP contribution is -2.01. The average molecular weight is 297 g/mol. The molecule has 0 aliphatic heterocycles. The van der Waals surface area contributed by atoms with E-state index >= 15 is 0 Å². The molecule has 2 nitrogen and oxygen atoms in total. The fourth-order valence-corrected chi connectivity index (χ4v) is 2.86. The SMILES string of the molecule is Cc1cc(C)cc(CNc2ccc(Cl)c3cccnc23)c1. The molecule has 3 heteroatoms. The first kappa shape index (κ1) is 13.9. The Kier molecular flexibility index (Phi) is 3.80. The highest BCUT2D eigenvalue weighted by atomic mass is 35.5. The Bertz CT molecular complexity index is 776. The van der Waals surface area contributed by atoms with Crippen LogP contribution in [0, 0.1) is 13.8 Å². The molecular formula is C18H17ClN2. The van der Waals surface area contributed by atoms with Gasteiger partial charge < -0.3 is 5.32 Å². The number of rotatable bonds is 3. The lowest BCUT2D eigenvalue weighted by atomic mass is 10.1. The summed E-state index contributed by atoms with van der Waals surface area (Å²) in [5.74, 6) is 0. The minimum absolute atomic E-state index is 0.732. The summed E-state index contributed by atoms with van der Waals surface area (Å²) >= 11 is 6.22. The van der Waals surface area contributed by atoms with Gasteiger partial charge in [-0.3, -0.25) is 4.98 Å². The maximum atomic E-state index is 6.22. The minimum atomic E-state index is 0.732. The number of pyridine rings is 1. The van der Waals surface area contributed by atoms with E-state index in [0.717, 1.165) is 28.2 Å². The number of anilines is 1. The number of fused-ring (bicyclic) bond motifs is 1. The number of hydrogen-bond acceptors (Lipinski definition) is 2. The van der Waals surface area contributed by atoms with Gasteiger partial charge in [0.05, 0.1) is 16.2 Å². The van der Waals surface area contributed by atoms with Crippen LogP contribution in [0.2, 0.25) is 5.02 Å². The third-order valence-corrected chi connectivity index (χ3v) is 3.81. The van der Waals surface area contributed by atoms with E-state index in [9.17, 15) is 0 Å². The second-order valence-corrected chi connectivity index (χ2v) is 5.75. The molecule has 0 spiro atoms. The Hall–Kier alpha value is -2.06. The normalized spacial score (nSPS) is 10.8. The zero-order valence-corrected chi connectivity index (χ0v) is 12.9. The van der Waals surface area contributed by atoms with E-state index in [1.54, 1.807) is 6.20 Å². The first-order chi connectivity index (χ1) is 10.1. The quantitative estimate of drug-likeness (QED) is 0.726. The van der Waals surface area contributed by atoms with Crippen molar-refractivity contribution in [3.8, 4) is 0 Å². The van der Waals surface area contributed by atoms with E-state index in [1.165, 1.54) is 16.7 Å². The van der Waals surface area contributed by atoms with Gasteiger partial charge in [-0.25, -0.2) is 0 Å². The molecule has 0 bridgehead atoms. The van der Waals surface area contributed by atoms with Crippen molar-refractivity contribution in [2.24, 2.45) is 0 Å². The van der Waals surface area contributed by atoms with E-state index in [4.69, 9.17) is 11.6 Å². The van der Waals surface area contributed by atoms with Gasteiger partial charge in [0.1, 0.15) is 0 Å². The van der Waals surface area contributed by atoms with Crippen LogP contribution >= 0.6 is 11.6 Å². The topological polar surface area (TPSA) is 24.9 Å². The summed E-state index contributed by atoms with van der Waals surface area (Å²) in [6.07, 6.45) is 1.79. The zero-order valence-electron chi connectivity index (χ0n) is 12.2. The van der Waals surface area contributed by atoms with Crippen LogP contribution in [-0.4, -0.2) is 4.98 Å². The molecule has 1 N–H and O–H groups in total. The molecule has 106 valence electrons. The molecule has 1 heterocycles. The second kappa shape index (κ2) is 5.74. The summed E-state index contributed by atoms with van der Waals surface area (Å²) in [5, 5.41) is 5.17. The average Bonchev–Trinajstić information content (AvgIpc) is 2.46. The van der Waals surface area contributed by atoms with E-state index < -0.39 is 0 Å². The molecule has 0 unspecified atom stereocenters. The summed E-state index contributed by atoms with van der Waals surface area (Å²) in [6.45, 7) is 5.02. The first-order valence-corrected chi connectivity index (χ1v) is 7.35. The Morgan fingerprint density at radius 2 is 1.81 bits per heavy atom. The largest absolute Gasteiger partial charge is 0.379 e. The molecule has 2 aromatic carbocycles. The fraction of sp³-hybridized carbons (Fsp3) is 0.167. The van der Waals surface area contributed by atoms with E-state index in [-0.39, 0.29) is 0 Å².